The van der Waals surface area contributed by atoms with E-state index in [1.807, 2.05) is 37.3 Å². The summed E-state index contributed by atoms with van der Waals surface area (Å²) in [5.74, 6) is 0.648. The second-order valence-corrected chi connectivity index (χ2v) is 5.98. The van der Waals surface area contributed by atoms with Crippen LogP contribution in [-0.4, -0.2) is 28.2 Å². The summed E-state index contributed by atoms with van der Waals surface area (Å²) >= 11 is 0. The van der Waals surface area contributed by atoms with Gasteiger partial charge in [0.15, 0.2) is 5.69 Å². The van der Waals surface area contributed by atoms with Crippen molar-refractivity contribution in [1.82, 2.24) is 9.78 Å². The molecule has 2 aromatic carbocycles. The summed E-state index contributed by atoms with van der Waals surface area (Å²) in [7, 11) is 0. The molecule has 0 aliphatic carbocycles. The van der Waals surface area contributed by atoms with Crippen LogP contribution in [-0.2, 0) is 4.79 Å². The molecule has 0 unspecified atom stereocenters. The van der Waals surface area contributed by atoms with Gasteiger partial charge in [-0.3, -0.25) is 9.59 Å². The van der Waals surface area contributed by atoms with Crippen molar-refractivity contribution in [3.63, 3.8) is 0 Å². The summed E-state index contributed by atoms with van der Waals surface area (Å²) in [6, 6.07) is 18.0. The van der Waals surface area contributed by atoms with Crippen molar-refractivity contribution < 1.29 is 14.3 Å². The van der Waals surface area contributed by atoms with Crippen molar-refractivity contribution in [3.8, 4) is 11.4 Å². The lowest BCUT2D eigenvalue weighted by molar-refractivity contribution is -0.115. The van der Waals surface area contributed by atoms with E-state index in [4.69, 9.17) is 4.74 Å². The highest BCUT2D eigenvalue weighted by Crippen LogP contribution is 2.20. The molecule has 7 nitrogen and oxygen atoms in total. The lowest BCUT2D eigenvalue weighted by atomic mass is 10.3. The minimum atomic E-state index is -0.370. The SMILES string of the molecule is CCOc1ccc(NC(=O)c2cc(NC(=O)CC)n(-c3ccccc3)n2)cc1. The first kappa shape index (κ1) is 19.2. The number of hydrogen-bond acceptors (Lipinski definition) is 4. The Morgan fingerprint density at radius 1 is 1.00 bits per heavy atom. The second kappa shape index (κ2) is 8.85. The number of nitrogens with zero attached hydrogens (tertiary/aromatic N) is 2. The van der Waals surface area contributed by atoms with Crippen LogP contribution in [0.4, 0.5) is 11.5 Å². The van der Waals surface area contributed by atoms with Gasteiger partial charge in [-0.15, -0.1) is 0 Å². The lowest BCUT2D eigenvalue weighted by Gasteiger charge is -2.07. The van der Waals surface area contributed by atoms with Gasteiger partial charge in [0, 0.05) is 18.2 Å². The standard InChI is InChI=1S/C21H22N4O3/c1-3-20(26)23-19-14-18(24-25(19)16-8-6-5-7-9-16)21(27)22-15-10-12-17(13-11-15)28-4-2/h5-14H,3-4H2,1-2H3,(H,22,27)(H,23,26). The van der Waals surface area contributed by atoms with Crippen LogP contribution in [0.5, 0.6) is 5.75 Å². The van der Waals surface area contributed by atoms with Crippen molar-refractivity contribution in [2.24, 2.45) is 0 Å². The number of amides is 2. The van der Waals surface area contributed by atoms with Gasteiger partial charge in [-0.2, -0.15) is 5.10 Å². The largest absolute Gasteiger partial charge is 0.494 e. The zero-order valence-corrected chi connectivity index (χ0v) is 15.8. The Kier molecular flexibility index (Phi) is 6.06. The molecule has 3 rings (SSSR count). The van der Waals surface area contributed by atoms with Crippen molar-refractivity contribution in [2.75, 3.05) is 17.2 Å². The third kappa shape index (κ3) is 4.56. The highest BCUT2D eigenvalue weighted by molar-refractivity contribution is 6.04. The third-order valence-electron chi connectivity index (χ3n) is 3.95. The minimum absolute atomic E-state index is 0.157. The number of aromatic nitrogens is 2. The first-order chi connectivity index (χ1) is 13.6. The van der Waals surface area contributed by atoms with E-state index in [0.717, 1.165) is 11.4 Å². The van der Waals surface area contributed by atoms with Crippen molar-refractivity contribution in [2.45, 2.75) is 20.3 Å². The summed E-state index contributed by atoms with van der Waals surface area (Å²) < 4.78 is 6.94. The van der Waals surface area contributed by atoms with Crippen LogP contribution in [0, 0.1) is 0 Å². The predicted molar refractivity (Wildman–Crippen MR) is 108 cm³/mol. The Bertz CT molecular complexity index is 950. The van der Waals surface area contributed by atoms with Crippen molar-refractivity contribution in [3.05, 3.63) is 66.4 Å². The molecule has 7 heteroatoms. The van der Waals surface area contributed by atoms with Crippen LogP contribution in [0.2, 0.25) is 0 Å². The first-order valence-electron chi connectivity index (χ1n) is 9.10. The van der Waals surface area contributed by atoms with Gasteiger partial charge in [0.2, 0.25) is 5.91 Å². The van der Waals surface area contributed by atoms with Crippen LogP contribution in [0.3, 0.4) is 0 Å². The fraction of sp³-hybridized carbons (Fsp3) is 0.190. The first-order valence-corrected chi connectivity index (χ1v) is 9.10. The van der Waals surface area contributed by atoms with E-state index >= 15 is 0 Å². The molecule has 0 saturated carbocycles. The number of ether oxygens (including phenoxy) is 1. The average molecular weight is 378 g/mol. The fourth-order valence-electron chi connectivity index (χ4n) is 2.57. The van der Waals surface area contributed by atoms with Crippen LogP contribution >= 0.6 is 0 Å². The highest BCUT2D eigenvalue weighted by Gasteiger charge is 2.17. The Balaban J connectivity index is 1.84. The molecular weight excluding hydrogens is 356 g/mol. The molecule has 3 aromatic rings. The summed E-state index contributed by atoms with van der Waals surface area (Å²) in [4.78, 5) is 24.5. The molecule has 2 N–H and O–H groups in total. The number of para-hydroxylation sites is 1. The number of rotatable bonds is 7. The van der Waals surface area contributed by atoms with Gasteiger partial charge in [0.1, 0.15) is 11.6 Å². The van der Waals surface area contributed by atoms with Crippen LogP contribution in [0.25, 0.3) is 5.69 Å². The number of nitrogens with one attached hydrogen (secondary N) is 2. The molecule has 1 aromatic heterocycles. The van der Waals surface area contributed by atoms with Gasteiger partial charge < -0.3 is 15.4 Å². The van der Waals surface area contributed by atoms with Crippen molar-refractivity contribution in [1.29, 1.82) is 0 Å². The van der Waals surface area contributed by atoms with E-state index in [1.54, 1.807) is 41.9 Å². The second-order valence-electron chi connectivity index (χ2n) is 5.98. The monoisotopic (exact) mass is 378 g/mol. The van der Waals surface area contributed by atoms with Gasteiger partial charge in [-0.05, 0) is 43.3 Å². The smallest absolute Gasteiger partial charge is 0.276 e. The van der Waals surface area contributed by atoms with Gasteiger partial charge in [-0.25, -0.2) is 4.68 Å². The summed E-state index contributed by atoms with van der Waals surface area (Å²) in [6.45, 7) is 4.25. The van der Waals surface area contributed by atoms with Crippen LogP contribution in [0.15, 0.2) is 60.7 Å². The van der Waals surface area contributed by atoms with Crippen LogP contribution < -0.4 is 15.4 Å². The topological polar surface area (TPSA) is 85.3 Å². The maximum absolute atomic E-state index is 12.6. The van der Waals surface area contributed by atoms with E-state index in [1.165, 1.54) is 0 Å². The molecule has 0 bridgehead atoms. The third-order valence-corrected chi connectivity index (χ3v) is 3.95. The average Bonchev–Trinajstić information content (AvgIpc) is 3.14. The molecule has 28 heavy (non-hydrogen) atoms. The molecule has 0 aliphatic rings. The van der Waals surface area contributed by atoms with Crippen LogP contribution in [0.1, 0.15) is 30.8 Å². The summed E-state index contributed by atoms with van der Waals surface area (Å²) in [5, 5.41) is 9.96. The summed E-state index contributed by atoms with van der Waals surface area (Å²) in [5.41, 5.74) is 1.57. The maximum atomic E-state index is 12.6. The van der Waals surface area contributed by atoms with Crippen molar-refractivity contribution >= 4 is 23.3 Å². The quantitative estimate of drug-likeness (QED) is 0.653. The lowest BCUT2D eigenvalue weighted by Crippen LogP contribution is -2.14. The zero-order chi connectivity index (χ0) is 19.9. The van der Waals surface area contributed by atoms with E-state index in [-0.39, 0.29) is 17.5 Å². The summed E-state index contributed by atoms with van der Waals surface area (Å²) in [6.07, 6.45) is 0.327. The molecule has 2 amide bonds. The number of hydrogen-bond donors (Lipinski definition) is 2. The van der Waals surface area contributed by atoms with Gasteiger partial charge in [0.25, 0.3) is 5.91 Å². The Morgan fingerprint density at radius 3 is 2.36 bits per heavy atom. The molecule has 0 fully saturated rings. The molecule has 144 valence electrons. The Morgan fingerprint density at radius 2 is 1.71 bits per heavy atom. The Labute approximate surface area is 163 Å². The molecule has 0 atom stereocenters. The molecule has 0 saturated heterocycles. The number of anilines is 2. The highest BCUT2D eigenvalue weighted by atomic mass is 16.5. The molecule has 1 heterocycles. The number of carbonyl (C=O) groups is 2. The molecule has 0 aliphatic heterocycles. The van der Waals surface area contributed by atoms with E-state index in [0.29, 0.717) is 24.5 Å². The van der Waals surface area contributed by atoms with E-state index in [9.17, 15) is 9.59 Å². The number of benzene rings is 2. The zero-order valence-electron chi connectivity index (χ0n) is 15.8. The Hall–Kier alpha value is -3.61. The van der Waals surface area contributed by atoms with E-state index < -0.39 is 0 Å². The minimum Gasteiger partial charge on any atom is -0.494 e. The molecular formula is C21H22N4O3. The maximum Gasteiger partial charge on any atom is 0.276 e. The fourth-order valence-corrected chi connectivity index (χ4v) is 2.57. The normalized spacial score (nSPS) is 10.4. The molecule has 0 spiro atoms. The van der Waals surface area contributed by atoms with Gasteiger partial charge in [0.05, 0.1) is 12.3 Å². The van der Waals surface area contributed by atoms with E-state index in [2.05, 4.69) is 15.7 Å². The molecule has 0 radical (unpaired) electrons. The predicted octanol–water partition coefficient (Wildman–Crippen LogP) is 3.87. The van der Waals surface area contributed by atoms with Gasteiger partial charge in [-0.1, -0.05) is 25.1 Å². The van der Waals surface area contributed by atoms with Gasteiger partial charge >= 0.3 is 0 Å². The number of carbonyl (C=O) groups excluding carboxylic acids is 2.